The molecule has 1 saturated carbocycles. The molecule has 0 bridgehead atoms. The van der Waals surface area contributed by atoms with E-state index in [4.69, 9.17) is 4.74 Å². The normalized spacial score (nSPS) is 18.5. The summed E-state index contributed by atoms with van der Waals surface area (Å²) in [6.45, 7) is 7.87. The Morgan fingerprint density at radius 1 is 1.67 bits per heavy atom. The van der Waals surface area contributed by atoms with Crippen molar-refractivity contribution in [1.82, 2.24) is 0 Å². The van der Waals surface area contributed by atoms with Gasteiger partial charge in [0.1, 0.15) is 0 Å². The van der Waals surface area contributed by atoms with Gasteiger partial charge in [-0.15, -0.1) is 0 Å². The van der Waals surface area contributed by atoms with E-state index >= 15 is 0 Å². The lowest BCUT2D eigenvalue weighted by Crippen LogP contribution is -2.13. The smallest absolute Gasteiger partial charge is 0.333 e. The van der Waals surface area contributed by atoms with Gasteiger partial charge in [0.15, 0.2) is 0 Å². The Morgan fingerprint density at radius 3 is 2.67 bits per heavy atom. The van der Waals surface area contributed by atoms with Gasteiger partial charge in [0.05, 0.1) is 6.61 Å². The Labute approximate surface area is 73.6 Å². The molecule has 1 atom stereocenters. The highest BCUT2D eigenvalue weighted by Crippen LogP contribution is 2.36. The van der Waals surface area contributed by atoms with Crippen molar-refractivity contribution >= 4 is 5.97 Å². The summed E-state index contributed by atoms with van der Waals surface area (Å²) in [6.07, 6.45) is 2.59. The van der Waals surface area contributed by atoms with Crippen molar-refractivity contribution in [3.63, 3.8) is 0 Å². The van der Waals surface area contributed by atoms with Gasteiger partial charge in [-0.3, -0.25) is 0 Å². The Morgan fingerprint density at radius 2 is 2.25 bits per heavy atom. The molecule has 0 spiro atoms. The first-order chi connectivity index (χ1) is 5.61. The largest absolute Gasteiger partial charge is 0.462 e. The number of esters is 1. The van der Waals surface area contributed by atoms with Crippen LogP contribution in [-0.4, -0.2) is 12.6 Å². The molecule has 0 saturated heterocycles. The van der Waals surface area contributed by atoms with Crippen molar-refractivity contribution in [3.05, 3.63) is 12.2 Å². The van der Waals surface area contributed by atoms with Gasteiger partial charge in [0.25, 0.3) is 0 Å². The van der Waals surface area contributed by atoms with Crippen LogP contribution >= 0.6 is 0 Å². The molecule has 1 rings (SSSR count). The topological polar surface area (TPSA) is 26.3 Å². The van der Waals surface area contributed by atoms with Crippen LogP contribution in [0.2, 0.25) is 0 Å². The van der Waals surface area contributed by atoms with E-state index in [1.54, 1.807) is 6.92 Å². The van der Waals surface area contributed by atoms with Gasteiger partial charge in [-0.25, -0.2) is 4.79 Å². The van der Waals surface area contributed by atoms with Crippen molar-refractivity contribution < 1.29 is 9.53 Å². The SMILES string of the molecule is C=C(C)C(=O)OCC(C)C1CC1. The lowest BCUT2D eigenvalue weighted by atomic mass is 10.1. The van der Waals surface area contributed by atoms with Crippen LogP contribution in [0.4, 0.5) is 0 Å². The van der Waals surface area contributed by atoms with E-state index in [1.807, 2.05) is 0 Å². The molecule has 12 heavy (non-hydrogen) atoms. The highest BCUT2D eigenvalue weighted by atomic mass is 16.5. The second-order valence-corrected chi connectivity index (χ2v) is 3.69. The minimum Gasteiger partial charge on any atom is -0.462 e. The van der Waals surface area contributed by atoms with Gasteiger partial charge in [0, 0.05) is 5.57 Å². The molecular weight excluding hydrogens is 152 g/mol. The first-order valence-corrected chi connectivity index (χ1v) is 4.44. The van der Waals surface area contributed by atoms with Gasteiger partial charge in [-0.05, 0) is 31.6 Å². The number of carbonyl (C=O) groups excluding carboxylic acids is 1. The molecule has 0 N–H and O–H groups in total. The monoisotopic (exact) mass is 168 g/mol. The zero-order valence-electron chi connectivity index (χ0n) is 7.80. The lowest BCUT2D eigenvalue weighted by molar-refractivity contribution is -0.140. The summed E-state index contributed by atoms with van der Waals surface area (Å²) in [6, 6.07) is 0. The molecule has 1 unspecified atom stereocenters. The average molecular weight is 168 g/mol. The van der Waals surface area contributed by atoms with Crippen LogP contribution in [0.5, 0.6) is 0 Å². The van der Waals surface area contributed by atoms with Gasteiger partial charge < -0.3 is 4.74 Å². The van der Waals surface area contributed by atoms with E-state index in [1.165, 1.54) is 12.8 Å². The number of hydrogen-bond donors (Lipinski definition) is 0. The molecule has 0 amide bonds. The molecule has 0 aromatic carbocycles. The molecule has 0 aromatic rings. The number of carbonyl (C=O) groups is 1. The zero-order chi connectivity index (χ0) is 9.14. The Bertz CT molecular complexity index is 192. The lowest BCUT2D eigenvalue weighted by Gasteiger charge is -2.10. The molecule has 1 aliphatic rings. The van der Waals surface area contributed by atoms with Gasteiger partial charge in [-0.2, -0.15) is 0 Å². The van der Waals surface area contributed by atoms with Crippen LogP contribution in [0.3, 0.4) is 0 Å². The van der Waals surface area contributed by atoms with Crippen molar-refractivity contribution in [2.45, 2.75) is 26.7 Å². The van der Waals surface area contributed by atoms with Crippen LogP contribution in [-0.2, 0) is 9.53 Å². The molecule has 0 radical (unpaired) electrons. The van der Waals surface area contributed by atoms with Crippen molar-refractivity contribution in [2.24, 2.45) is 11.8 Å². The Kier molecular flexibility index (Phi) is 2.90. The van der Waals surface area contributed by atoms with Crippen LogP contribution in [0.15, 0.2) is 12.2 Å². The predicted molar refractivity (Wildman–Crippen MR) is 47.7 cm³/mol. The highest BCUT2D eigenvalue weighted by molar-refractivity contribution is 5.86. The van der Waals surface area contributed by atoms with Crippen molar-refractivity contribution in [2.75, 3.05) is 6.61 Å². The summed E-state index contributed by atoms with van der Waals surface area (Å²) in [4.78, 5) is 11.0. The van der Waals surface area contributed by atoms with Gasteiger partial charge >= 0.3 is 5.97 Å². The number of ether oxygens (including phenoxy) is 1. The summed E-state index contributed by atoms with van der Waals surface area (Å²) < 4.78 is 5.03. The summed E-state index contributed by atoms with van der Waals surface area (Å²) in [7, 11) is 0. The van der Waals surface area contributed by atoms with Gasteiger partial charge in [0.2, 0.25) is 0 Å². The highest BCUT2D eigenvalue weighted by Gasteiger charge is 2.28. The molecule has 0 aliphatic heterocycles. The van der Waals surface area contributed by atoms with Crippen molar-refractivity contribution in [1.29, 1.82) is 0 Å². The maximum Gasteiger partial charge on any atom is 0.333 e. The standard InChI is InChI=1S/C10H16O2/c1-7(2)10(11)12-6-8(3)9-4-5-9/h8-9H,1,4-6H2,2-3H3. The summed E-state index contributed by atoms with van der Waals surface area (Å²) in [5.74, 6) is 1.05. The summed E-state index contributed by atoms with van der Waals surface area (Å²) in [5.41, 5.74) is 0.484. The Hall–Kier alpha value is -0.790. The Balaban J connectivity index is 2.15. The summed E-state index contributed by atoms with van der Waals surface area (Å²) >= 11 is 0. The maximum atomic E-state index is 11.0. The van der Waals surface area contributed by atoms with E-state index < -0.39 is 0 Å². The first kappa shape index (κ1) is 9.30. The number of rotatable bonds is 4. The van der Waals surface area contributed by atoms with E-state index in [2.05, 4.69) is 13.5 Å². The third kappa shape index (κ3) is 2.68. The third-order valence-corrected chi connectivity index (χ3v) is 2.25. The fraction of sp³-hybridized carbons (Fsp3) is 0.700. The second kappa shape index (κ2) is 3.74. The molecule has 2 nitrogen and oxygen atoms in total. The molecule has 0 heterocycles. The van der Waals surface area contributed by atoms with E-state index in [-0.39, 0.29) is 5.97 Å². The fourth-order valence-electron chi connectivity index (χ4n) is 1.13. The molecule has 1 aliphatic carbocycles. The zero-order valence-corrected chi connectivity index (χ0v) is 7.80. The molecule has 68 valence electrons. The minimum absolute atomic E-state index is 0.262. The third-order valence-electron chi connectivity index (χ3n) is 2.25. The van der Waals surface area contributed by atoms with Crippen LogP contribution in [0.25, 0.3) is 0 Å². The van der Waals surface area contributed by atoms with Crippen molar-refractivity contribution in [3.8, 4) is 0 Å². The first-order valence-electron chi connectivity index (χ1n) is 4.44. The van der Waals surface area contributed by atoms with E-state index in [9.17, 15) is 4.79 Å². The maximum absolute atomic E-state index is 11.0. The van der Waals surface area contributed by atoms with Crippen LogP contribution in [0.1, 0.15) is 26.7 Å². The fourth-order valence-corrected chi connectivity index (χ4v) is 1.13. The average Bonchev–Trinajstić information content (AvgIpc) is 2.81. The molecule has 2 heteroatoms. The summed E-state index contributed by atoms with van der Waals surface area (Å²) in [5, 5.41) is 0. The van der Waals surface area contributed by atoms with Gasteiger partial charge in [-0.1, -0.05) is 13.5 Å². The van der Waals surface area contributed by atoms with E-state index in [0.717, 1.165) is 5.92 Å². The molecular formula is C10H16O2. The predicted octanol–water partition coefficient (Wildman–Crippen LogP) is 2.15. The van der Waals surface area contributed by atoms with E-state index in [0.29, 0.717) is 18.1 Å². The molecule has 0 aromatic heterocycles. The second-order valence-electron chi connectivity index (χ2n) is 3.69. The minimum atomic E-state index is -0.262. The number of hydrogen-bond acceptors (Lipinski definition) is 2. The molecule has 1 fully saturated rings. The quantitative estimate of drug-likeness (QED) is 0.475. The van der Waals surface area contributed by atoms with Crippen LogP contribution in [0, 0.1) is 11.8 Å². The van der Waals surface area contributed by atoms with Crippen LogP contribution < -0.4 is 0 Å².